The number of hydrogen-bond acceptors (Lipinski definition) is 2. The first-order chi connectivity index (χ1) is 13.7. The number of fused-ring (bicyclic) bond motifs is 1. The molecule has 28 heavy (non-hydrogen) atoms. The topological polar surface area (TPSA) is 21.3 Å². The summed E-state index contributed by atoms with van der Waals surface area (Å²) >= 11 is 6.10. The summed E-state index contributed by atoms with van der Waals surface area (Å²) in [5.41, 5.74) is 4.58. The van der Waals surface area contributed by atoms with Crippen molar-refractivity contribution in [2.75, 3.05) is 5.32 Å². The van der Waals surface area contributed by atoms with Crippen LogP contribution in [0.25, 0.3) is 10.8 Å². The molecule has 0 aliphatic heterocycles. The monoisotopic (exact) mass is 387 g/mol. The standard InChI is InChI=1S/C25H22ClNO/c1-18-12-13-22(26)15-25(18)27-16-19-6-4-10-23(14-19)28-17-21-9-5-8-20-7-2-3-11-24(20)21/h2-15,27H,16-17H2,1H3. The van der Waals surface area contributed by atoms with E-state index >= 15 is 0 Å². The Bertz CT molecular complexity index is 1100. The first-order valence-corrected chi connectivity index (χ1v) is 9.75. The fourth-order valence-electron chi connectivity index (χ4n) is 3.31. The van der Waals surface area contributed by atoms with E-state index in [0.717, 1.165) is 22.0 Å². The molecule has 2 nitrogen and oxygen atoms in total. The zero-order valence-electron chi connectivity index (χ0n) is 15.8. The molecule has 0 spiro atoms. The third kappa shape index (κ3) is 4.29. The van der Waals surface area contributed by atoms with Crippen molar-refractivity contribution in [1.29, 1.82) is 0 Å². The van der Waals surface area contributed by atoms with Gasteiger partial charge in [-0.05, 0) is 58.7 Å². The van der Waals surface area contributed by atoms with Gasteiger partial charge < -0.3 is 10.1 Å². The summed E-state index contributed by atoms with van der Waals surface area (Å²) in [7, 11) is 0. The minimum Gasteiger partial charge on any atom is -0.489 e. The minimum atomic E-state index is 0.547. The Morgan fingerprint density at radius 3 is 2.61 bits per heavy atom. The molecule has 0 amide bonds. The van der Waals surface area contributed by atoms with Gasteiger partial charge in [-0.25, -0.2) is 0 Å². The lowest BCUT2D eigenvalue weighted by atomic mass is 10.1. The van der Waals surface area contributed by atoms with E-state index < -0.39 is 0 Å². The molecule has 4 aromatic carbocycles. The van der Waals surface area contributed by atoms with Gasteiger partial charge >= 0.3 is 0 Å². The van der Waals surface area contributed by atoms with Gasteiger partial charge in [0.15, 0.2) is 0 Å². The van der Waals surface area contributed by atoms with Gasteiger partial charge in [0.25, 0.3) is 0 Å². The molecule has 0 saturated carbocycles. The number of aryl methyl sites for hydroxylation is 1. The Kier molecular flexibility index (Phi) is 5.50. The van der Waals surface area contributed by atoms with E-state index in [0.29, 0.717) is 13.2 Å². The molecule has 0 aliphatic carbocycles. The second-order valence-electron chi connectivity index (χ2n) is 6.89. The fourth-order valence-corrected chi connectivity index (χ4v) is 3.48. The molecule has 4 rings (SSSR count). The van der Waals surface area contributed by atoms with Gasteiger partial charge in [0.05, 0.1) is 0 Å². The normalized spacial score (nSPS) is 10.8. The highest BCUT2D eigenvalue weighted by Gasteiger charge is 2.04. The number of halogens is 1. The summed E-state index contributed by atoms with van der Waals surface area (Å²) in [6.45, 7) is 3.33. The molecule has 0 radical (unpaired) electrons. The van der Waals surface area contributed by atoms with E-state index in [1.54, 1.807) is 0 Å². The van der Waals surface area contributed by atoms with Crippen molar-refractivity contribution in [3.63, 3.8) is 0 Å². The Morgan fingerprint density at radius 2 is 1.68 bits per heavy atom. The molecule has 4 aromatic rings. The maximum atomic E-state index is 6.10. The second kappa shape index (κ2) is 8.37. The van der Waals surface area contributed by atoms with Crippen LogP contribution in [0.15, 0.2) is 84.9 Å². The van der Waals surface area contributed by atoms with Crippen molar-refractivity contribution in [1.82, 2.24) is 0 Å². The Morgan fingerprint density at radius 1 is 0.857 bits per heavy atom. The van der Waals surface area contributed by atoms with Crippen LogP contribution in [-0.2, 0) is 13.2 Å². The molecule has 0 unspecified atom stereocenters. The van der Waals surface area contributed by atoms with Gasteiger partial charge in [-0.1, -0.05) is 72.3 Å². The summed E-state index contributed by atoms with van der Waals surface area (Å²) < 4.78 is 6.09. The van der Waals surface area contributed by atoms with Crippen LogP contribution >= 0.6 is 11.6 Å². The molecule has 0 bridgehead atoms. The number of anilines is 1. The highest BCUT2D eigenvalue weighted by molar-refractivity contribution is 6.30. The van der Waals surface area contributed by atoms with Crippen LogP contribution in [0.1, 0.15) is 16.7 Å². The van der Waals surface area contributed by atoms with Gasteiger partial charge in [-0.2, -0.15) is 0 Å². The van der Waals surface area contributed by atoms with Crippen LogP contribution in [0, 0.1) is 6.92 Å². The van der Waals surface area contributed by atoms with Crippen LogP contribution in [0.2, 0.25) is 5.02 Å². The smallest absolute Gasteiger partial charge is 0.120 e. The lowest BCUT2D eigenvalue weighted by Gasteiger charge is -2.12. The molecule has 0 atom stereocenters. The summed E-state index contributed by atoms with van der Waals surface area (Å²) in [6.07, 6.45) is 0. The van der Waals surface area contributed by atoms with E-state index in [1.807, 2.05) is 30.3 Å². The van der Waals surface area contributed by atoms with E-state index in [4.69, 9.17) is 16.3 Å². The van der Waals surface area contributed by atoms with Crippen molar-refractivity contribution in [2.45, 2.75) is 20.1 Å². The van der Waals surface area contributed by atoms with Gasteiger partial charge in [0.2, 0.25) is 0 Å². The van der Waals surface area contributed by atoms with Crippen molar-refractivity contribution < 1.29 is 4.74 Å². The van der Waals surface area contributed by atoms with Crippen LogP contribution in [-0.4, -0.2) is 0 Å². The maximum Gasteiger partial charge on any atom is 0.120 e. The highest BCUT2D eigenvalue weighted by atomic mass is 35.5. The zero-order valence-corrected chi connectivity index (χ0v) is 16.5. The Balaban J connectivity index is 1.44. The molecular weight excluding hydrogens is 366 g/mol. The van der Waals surface area contributed by atoms with Crippen molar-refractivity contribution in [3.05, 3.63) is 107 Å². The predicted octanol–water partition coefficient (Wildman–Crippen LogP) is 6.99. The van der Waals surface area contributed by atoms with Gasteiger partial charge in [-0.3, -0.25) is 0 Å². The lowest BCUT2D eigenvalue weighted by Crippen LogP contribution is -2.02. The first-order valence-electron chi connectivity index (χ1n) is 9.37. The van der Waals surface area contributed by atoms with Crippen molar-refractivity contribution in [3.8, 4) is 5.75 Å². The molecular formula is C25H22ClNO. The number of ether oxygens (including phenoxy) is 1. The Labute approximate surface area is 170 Å². The average Bonchev–Trinajstić information content (AvgIpc) is 2.73. The number of rotatable bonds is 6. The lowest BCUT2D eigenvalue weighted by molar-refractivity contribution is 0.307. The molecule has 0 aromatic heterocycles. The van der Waals surface area contributed by atoms with Gasteiger partial charge in [0, 0.05) is 17.3 Å². The zero-order chi connectivity index (χ0) is 19.3. The van der Waals surface area contributed by atoms with Crippen LogP contribution in [0.3, 0.4) is 0 Å². The molecule has 0 saturated heterocycles. The number of nitrogens with one attached hydrogen (secondary N) is 1. The van der Waals surface area contributed by atoms with Gasteiger partial charge in [0.1, 0.15) is 12.4 Å². The molecule has 1 N–H and O–H groups in total. The largest absolute Gasteiger partial charge is 0.489 e. The van der Waals surface area contributed by atoms with Gasteiger partial charge in [-0.15, -0.1) is 0 Å². The van der Waals surface area contributed by atoms with Crippen LogP contribution < -0.4 is 10.1 Å². The van der Waals surface area contributed by atoms with E-state index in [1.165, 1.54) is 21.9 Å². The van der Waals surface area contributed by atoms with Crippen LogP contribution in [0.4, 0.5) is 5.69 Å². The summed E-state index contributed by atoms with van der Waals surface area (Å²) in [5, 5.41) is 6.66. The third-order valence-corrected chi connectivity index (χ3v) is 5.09. The molecule has 3 heteroatoms. The van der Waals surface area contributed by atoms with Crippen LogP contribution in [0.5, 0.6) is 5.75 Å². The maximum absolute atomic E-state index is 6.10. The number of benzene rings is 4. The summed E-state index contributed by atoms with van der Waals surface area (Å²) in [5.74, 6) is 0.870. The van der Waals surface area contributed by atoms with Crippen molar-refractivity contribution >= 4 is 28.1 Å². The Hall–Kier alpha value is -2.97. The predicted molar refractivity (Wildman–Crippen MR) is 118 cm³/mol. The van der Waals surface area contributed by atoms with Crippen molar-refractivity contribution in [2.24, 2.45) is 0 Å². The third-order valence-electron chi connectivity index (χ3n) is 4.86. The average molecular weight is 388 g/mol. The SMILES string of the molecule is Cc1ccc(Cl)cc1NCc1cccc(OCc2cccc3ccccc23)c1. The fraction of sp³-hybridized carbons (Fsp3) is 0.120. The number of hydrogen-bond donors (Lipinski definition) is 1. The summed E-state index contributed by atoms with van der Waals surface area (Å²) in [6, 6.07) is 28.8. The summed E-state index contributed by atoms with van der Waals surface area (Å²) in [4.78, 5) is 0. The quantitative estimate of drug-likeness (QED) is 0.384. The molecule has 140 valence electrons. The first kappa shape index (κ1) is 18.4. The molecule has 0 fully saturated rings. The van der Waals surface area contributed by atoms with E-state index in [2.05, 4.69) is 66.8 Å². The highest BCUT2D eigenvalue weighted by Crippen LogP contribution is 2.23. The van der Waals surface area contributed by atoms with E-state index in [9.17, 15) is 0 Å². The molecule has 0 aliphatic rings. The molecule has 0 heterocycles. The second-order valence-corrected chi connectivity index (χ2v) is 7.32. The van der Waals surface area contributed by atoms with E-state index in [-0.39, 0.29) is 0 Å². The minimum absolute atomic E-state index is 0.547.